The van der Waals surface area contributed by atoms with E-state index in [2.05, 4.69) is 50.3 Å². The Labute approximate surface area is 203 Å². The van der Waals surface area contributed by atoms with Crippen molar-refractivity contribution in [2.24, 2.45) is 11.8 Å². The molecule has 0 unspecified atom stereocenters. The predicted molar refractivity (Wildman–Crippen MR) is 130 cm³/mol. The third kappa shape index (κ3) is 3.78. The van der Waals surface area contributed by atoms with Gasteiger partial charge in [0, 0.05) is 19.5 Å². The van der Waals surface area contributed by atoms with Gasteiger partial charge in [-0.25, -0.2) is 0 Å². The van der Waals surface area contributed by atoms with Crippen LogP contribution >= 0.6 is 0 Å². The fraction of sp³-hybridized carbons (Fsp3) is 0.679. The van der Waals surface area contributed by atoms with Gasteiger partial charge in [0.2, 0.25) is 11.7 Å². The highest BCUT2D eigenvalue weighted by Gasteiger charge is 2.61. The molecule has 4 heterocycles. The van der Waals surface area contributed by atoms with E-state index in [9.17, 15) is 4.79 Å². The smallest absolute Gasteiger partial charge is 0.332 e. The van der Waals surface area contributed by atoms with Crippen LogP contribution in [0.25, 0.3) is 0 Å². The number of nitrogens with one attached hydrogen (secondary N) is 1. The first-order valence-corrected chi connectivity index (χ1v) is 13.8. The monoisotopic (exact) mass is 463 g/mol. The molecule has 1 saturated carbocycles. The van der Waals surface area contributed by atoms with Crippen LogP contribution in [0.1, 0.15) is 80.9 Å². The molecule has 6 nitrogen and oxygen atoms in total. The lowest BCUT2D eigenvalue weighted by Crippen LogP contribution is -2.83. The number of nitrogens with two attached hydrogens (primary N) is 1. The summed E-state index contributed by atoms with van der Waals surface area (Å²) in [6.45, 7) is 5.84. The number of carbonyl (C=O) groups is 1. The summed E-state index contributed by atoms with van der Waals surface area (Å²) in [5.74, 6) is 3.81. The van der Waals surface area contributed by atoms with Crippen LogP contribution in [0.2, 0.25) is 0 Å². The lowest BCUT2D eigenvalue weighted by atomic mass is 9.70. The molecule has 3 N–H and O–H groups in total. The van der Waals surface area contributed by atoms with Gasteiger partial charge in [-0.3, -0.25) is 4.79 Å². The summed E-state index contributed by atoms with van der Waals surface area (Å²) >= 11 is 0. The number of fused-ring (bicyclic) bond motifs is 2. The zero-order valence-electron chi connectivity index (χ0n) is 20.7. The Morgan fingerprint density at radius 1 is 1.15 bits per heavy atom. The number of likely N-dealkylation sites (tertiary alicyclic amines) is 1. The first kappa shape index (κ1) is 22.3. The molecule has 1 aromatic carbocycles. The van der Waals surface area contributed by atoms with Gasteiger partial charge in [-0.15, -0.1) is 0 Å². The average Bonchev–Trinajstić information content (AvgIpc) is 3.48. The number of rotatable bonds is 3. The lowest BCUT2D eigenvalue weighted by molar-refractivity contribution is -0.768. The van der Waals surface area contributed by atoms with Gasteiger partial charge in [0.15, 0.2) is 0 Å². The van der Waals surface area contributed by atoms with Crippen LogP contribution in [0, 0.1) is 18.8 Å². The third-order valence-electron chi connectivity index (χ3n) is 9.54. The molecule has 1 spiro atoms. The Morgan fingerprint density at radius 2 is 1.97 bits per heavy atom. The zero-order valence-corrected chi connectivity index (χ0v) is 20.7. The largest absolute Gasteiger partial charge is 0.345 e. The van der Waals surface area contributed by atoms with Gasteiger partial charge in [-0.1, -0.05) is 49.6 Å². The van der Waals surface area contributed by atoms with Gasteiger partial charge in [-0.05, 0) is 60.9 Å². The standard InChI is InChI=1S/C28H39N5O/c1-20-30-27-28(14-8-15-33(27)31-20)19-29-18-24(28)26(34)32-16-13-23(21-9-4-2-5-10-21)17-25(32)22-11-6-3-7-12-22/h2,4-5,9-10,22-25,29H,3,6-8,11-19H2,1H3/p+2/t23-,24+,25+,28-/m1/s1. The van der Waals surface area contributed by atoms with E-state index in [-0.39, 0.29) is 11.3 Å². The number of benzene rings is 1. The quantitative estimate of drug-likeness (QED) is 0.687. The zero-order chi connectivity index (χ0) is 23.1. The summed E-state index contributed by atoms with van der Waals surface area (Å²) < 4.78 is 2.23. The van der Waals surface area contributed by atoms with E-state index < -0.39 is 0 Å². The molecule has 34 heavy (non-hydrogen) atoms. The number of carbonyl (C=O) groups excluding carboxylic acids is 1. The molecular formula is C28H41N5O+2. The van der Waals surface area contributed by atoms with Crippen LogP contribution in [0.4, 0.5) is 0 Å². The summed E-state index contributed by atoms with van der Waals surface area (Å²) in [5.41, 5.74) is 1.34. The van der Waals surface area contributed by atoms with Crippen LogP contribution in [-0.4, -0.2) is 46.6 Å². The highest BCUT2D eigenvalue weighted by Crippen LogP contribution is 2.43. The van der Waals surface area contributed by atoms with Crippen molar-refractivity contribution in [3.8, 4) is 0 Å². The summed E-state index contributed by atoms with van der Waals surface area (Å²) in [4.78, 5) is 21.8. The van der Waals surface area contributed by atoms with Crippen LogP contribution < -0.4 is 10.00 Å². The van der Waals surface area contributed by atoms with Crippen molar-refractivity contribution >= 4 is 5.91 Å². The van der Waals surface area contributed by atoms with E-state index in [1.165, 1.54) is 37.7 Å². The molecule has 0 radical (unpaired) electrons. The highest BCUT2D eigenvalue weighted by atomic mass is 16.2. The minimum atomic E-state index is -0.118. The minimum absolute atomic E-state index is 0.0427. The van der Waals surface area contributed by atoms with Crippen LogP contribution in [0.3, 0.4) is 0 Å². The Balaban J connectivity index is 1.30. The van der Waals surface area contributed by atoms with Gasteiger partial charge < -0.3 is 10.2 Å². The van der Waals surface area contributed by atoms with Crippen molar-refractivity contribution in [1.82, 2.24) is 15.0 Å². The molecule has 2 saturated heterocycles. The van der Waals surface area contributed by atoms with Crippen LogP contribution in [-0.2, 0) is 16.8 Å². The van der Waals surface area contributed by atoms with Crippen molar-refractivity contribution in [3.05, 3.63) is 47.5 Å². The molecule has 2 aromatic rings. The number of hydrogen-bond donors (Lipinski definition) is 2. The van der Waals surface area contributed by atoms with Gasteiger partial charge in [0.1, 0.15) is 17.9 Å². The van der Waals surface area contributed by atoms with Gasteiger partial charge in [0.05, 0.1) is 13.1 Å². The summed E-state index contributed by atoms with van der Waals surface area (Å²) in [7, 11) is 0. The number of quaternary nitrogens is 1. The first-order valence-electron chi connectivity index (χ1n) is 13.8. The van der Waals surface area contributed by atoms with E-state index in [1.54, 1.807) is 0 Å². The highest BCUT2D eigenvalue weighted by molar-refractivity contribution is 5.81. The number of nitrogens with zero attached hydrogens (tertiary/aromatic N) is 3. The van der Waals surface area contributed by atoms with Crippen molar-refractivity contribution in [3.63, 3.8) is 0 Å². The maximum atomic E-state index is 14.4. The van der Waals surface area contributed by atoms with Crippen molar-refractivity contribution in [2.75, 3.05) is 19.6 Å². The fourth-order valence-electron chi connectivity index (χ4n) is 7.90. The summed E-state index contributed by atoms with van der Waals surface area (Å²) in [6, 6.07) is 11.4. The molecule has 4 atom stereocenters. The molecule has 1 aliphatic carbocycles. The molecule has 3 fully saturated rings. The second-order valence-corrected chi connectivity index (χ2v) is 11.5. The predicted octanol–water partition coefficient (Wildman–Crippen LogP) is 2.59. The van der Waals surface area contributed by atoms with Crippen molar-refractivity contribution in [1.29, 1.82) is 0 Å². The summed E-state index contributed by atoms with van der Waals surface area (Å²) in [5, 5.41) is 5.82. The minimum Gasteiger partial charge on any atom is -0.345 e. The number of amides is 1. The van der Waals surface area contributed by atoms with Crippen molar-refractivity contribution in [2.45, 2.75) is 88.6 Å². The van der Waals surface area contributed by atoms with Gasteiger partial charge in [0.25, 0.3) is 0 Å². The normalized spacial score (nSPS) is 32.1. The van der Waals surface area contributed by atoms with E-state index in [1.807, 2.05) is 6.92 Å². The first-order chi connectivity index (χ1) is 16.7. The number of hydrogen-bond acceptors (Lipinski definition) is 2. The average molecular weight is 464 g/mol. The second kappa shape index (κ2) is 9.10. The Kier molecular flexibility index (Phi) is 5.96. The number of aromatic nitrogens is 3. The molecule has 4 aliphatic rings. The molecular weight excluding hydrogens is 422 g/mol. The molecule has 6 heteroatoms. The Morgan fingerprint density at radius 3 is 2.79 bits per heavy atom. The van der Waals surface area contributed by atoms with E-state index in [0.717, 1.165) is 63.5 Å². The molecule has 1 amide bonds. The molecule has 1 aromatic heterocycles. The fourth-order valence-corrected chi connectivity index (χ4v) is 7.90. The number of H-pyrrole nitrogens is 1. The van der Waals surface area contributed by atoms with E-state index in [0.29, 0.717) is 23.8 Å². The molecule has 182 valence electrons. The molecule has 0 bridgehead atoms. The lowest BCUT2D eigenvalue weighted by Gasteiger charge is -2.46. The molecule has 3 aliphatic heterocycles. The Hall–Kier alpha value is -2.21. The molecule has 6 rings (SSSR count). The van der Waals surface area contributed by atoms with Gasteiger partial charge in [-0.2, -0.15) is 9.78 Å². The number of aromatic amines is 1. The summed E-state index contributed by atoms with van der Waals surface area (Å²) in [6.07, 6.45) is 11.0. The Bertz CT molecular complexity index is 1010. The SMILES string of the molecule is Cc1nc2[n+]([nH]1)CCC[C@]21C[NH2+]C[C@H]1C(=O)N1CC[C@@H](c2ccccc2)C[C@H]1C1CCCCC1. The maximum absolute atomic E-state index is 14.4. The number of piperidine rings is 1. The van der Waals surface area contributed by atoms with Gasteiger partial charge >= 0.3 is 5.82 Å². The van der Waals surface area contributed by atoms with E-state index in [4.69, 9.17) is 4.98 Å². The second-order valence-electron chi connectivity index (χ2n) is 11.5. The maximum Gasteiger partial charge on any atom is 0.332 e. The van der Waals surface area contributed by atoms with Crippen molar-refractivity contribution < 1.29 is 14.8 Å². The van der Waals surface area contributed by atoms with E-state index >= 15 is 0 Å². The number of aryl methyl sites for hydroxylation is 2. The third-order valence-corrected chi connectivity index (χ3v) is 9.54. The topological polar surface area (TPSA) is 69.5 Å². The van der Waals surface area contributed by atoms with Crippen LogP contribution in [0.5, 0.6) is 0 Å². The van der Waals surface area contributed by atoms with Crippen LogP contribution in [0.15, 0.2) is 30.3 Å².